The van der Waals surface area contributed by atoms with E-state index < -0.39 is 28.6 Å². The van der Waals surface area contributed by atoms with Crippen molar-refractivity contribution in [3.8, 4) is 0 Å². The van der Waals surface area contributed by atoms with E-state index in [1.807, 2.05) is 0 Å². The van der Waals surface area contributed by atoms with Gasteiger partial charge in [-0.2, -0.15) is 13.2 Å². The zero-order valence-electron chi connectivity index (χ0n) is 14.2. The van der Waals surface area contributed by atoms with Crippen molar-refractivity contribution in [3.63, 3.8) is 0 Å². The molecule has 1 aromatic heterocycles. The lowest BCUT2D eigenvalue weighted by Crippen LogP contribution is -2.36. The largest absolute Gasteiger partial charge is 0.417 e. The summed E-state index contributed by atoms with van der Waals surface area (Å²) in [5.74, 6) is -1.07. The van der Waals surface area contributed by atoms with E-state index in [2.05, 4.69) is 10.3 Å². The maximum Gasteiger partial charge on any atom is 0.417 e. The highest BCUT2D eigenvalue weighted by molar-refractivity contribution is 6.31. The number of carbonyl (C=O) groups excluding carboxylic acids is 2. The summed E-state index contributed by atoms with van der Waals surface area (Å²) in [5.41, 5.74) is -0.278. The molecule has 0 saturated carbocycles. The minimum absolute atomic E-state index is 0.0655. The van der Waals surface area contributed by atoms with Crippen LogP contribution in [0.2, 0.25) is 5.02 Å². The topological polar surface area (TPSA) is 67.2 Å². The van der Waals surface area contributed by atoms with Crippen molar-refractivity contribution in [2.75, 3.05) is 18.9 Å². The summed E-state index contributed by atoms with van der Waals surface area (Å²) in [6.07, 6.45) is -3.16. The van der Waals surface area contributed by atoms with Crippen LogP contribution in [0.5, 0.6) is 0 Å². The zero-order valence-corrected chi connectivity index (χ0v) is 14.9. The van der Waals surface area contributed by atoms with Crippen LogP contribution in [-0.4, -0.2) is 39.9 Å². The maximum absolute atomic E-state index is 12.9. The standard InChI is InChI=1S/C16H16ClF3N4O2/c1-9-14(24(3)8-21-9)15(26)23(2)7-13(25)22-10-4-5-12(17)11(6-10)16(18,19)20/h4-6,8H,7H2,1-3H3,(H,22,25). The number of amides is 2. The molecule has 2 rings (SSSR count). The van der Waals surface area contributed by atoms with Crippen LogP contribution in [-0.2, 0) is 18.0 Å². The van der Waals surface area contributed by atoms with Crippen LogP contribution in [0.4, 0.5) is 18.9 Å². The molecule has 0 atom stereocenters. The number of benzene rings is 1. The van der Waals surface area contributed by atoms with Gasteiger partial charge in [-0.25, -0.2) is 4.98 Å². The molecule has 0 aliphatic carbocycles. The first-order valence-corrected chi connectivity index (χ1v) is 7.78. The summed E-state index contributed by atoms with van der Waals surface area (Å²) in [4.78, 5) is 29.6. The van der Waals surface area contributed by atoms with E-state index in [0.717, 1.165) is 17.0 Å². The number of alkyl halides is 3. The molecule has 1 heterocycles. The van der Waals surface area contributed by atoms with E-state index in [0.29, 0.717) is 11.4 Å². The quantitative estimate of drug-likeness (QED) is 0.875. The predicted octanol–water partition coefficient (Wildman–Crippen LogP) is 3.11. The number of likely N-dealkylation sites (N-methyl/N-ethyl adjacent to an activating group) is 1. The van der Waals surface area contributed by atoms with Gasteiger partial charge in [0.2, 0.25) is 5.91 Å². The molecule has 6 nitrogen and oxygen atoms in total. The molecule has 0 radical (unpaired) electrons. The average Bonchev–Trinajstić information content (AvgIpc) is 2.86. The van der Waals surface area contributed by atoms with E-state index >= 15 is 0 Å². The van der Waals surface area contributed by atoms with Crippen LogP contribution < -0.4 is 5.32 Å². The molecule has 0 fully saturated rings. The van der Waals surface area contributed by atoms with Gasteiger partial charge in [-0.15, -0.1) is 0 Å². The highest BCUT2D eigenvalue weighted by Gasteiger charge is 2.33. The third-order valence-corrected chi connectivity index (χ3v) is 3.94. The van der Waals surface area contributed by atoms with Gasteiger partial charge in [-0.3, -0.25) is 9.59 Å². The van der Waals surface area contributed by atoms with Gasteiger partial charge in [0.15, 0.2) is 0 Å². The molecule has 0 spiro atoms. The van der Waals surface area contributed by atoms with Crippen LogP contribution in [0.1, 0.15) is 21.7 Å². The second kappa shape index (κ2) is 7.36. The first-order chi connectivity index (χ1) is 12.0. The van der Waals surface area contributed by atoms with Crippen molar-refractivity contribution in [1.29, 1.82) is 0 Å². The minimum Gasteiger partial charge on any atom is -0.331 e. The number of carbonyl (C=O) groups is 2. The van der Waals surface area contributed by atoms with Gasteiger partial charge in [0.05, 0.1) is 29.2 Å². The van der Waals surface area contributed by atoms with Crippen molar-refractivity contribution in [2.24, 2.45) is 7.05 Å². The SMILES string of the molecule is Cc1ncn(C)c1C(=O)N(C)CC(=O)Nc1ccc(Cl)c(C(F)(F)F)c1. The average molecular weight is 389 g/mol. The number of nitrogens with one attached hydrogen (secondary N) is 1. The molecule has 0 bridgehead atoms. The second-order valence-electron chi connectivity index (χ2n) is 5.69. The number of hydrogen-bond donors (Lipinski definition) is 1. The third kappa shape index (κ3) is 4.34. The van der Waals surface area contributed by atoms with E-state index in [9.17, 15) is 22.8 Å². The van der Waals surface area contributed by atoms with Crippen LogP contribution in [0.15, 0.2) is 24.5 Å². The fourth-order valence-corrected chi connectivity index (χ4v) is 2.57. The normalized spacial score (nSPS) is 11.3. The molecule has 0 aliphatic rings. The van der Waals surface area contributed by atoms with Gasteiger partial charge in [0, 0.05) is 19.8 Å². The Balaban J connectivity index is 2.08. The van der Waals surface area contributed by atoms with Crippen LogP contribution in [0, 0.1) is 6.92 Å². The molecule has 26 heavy (non-hydrogen) atoms. The Hall–Kier alpha value is -2.55. The Morgan fingerprint density at radius 3 is 2.54 bits per heavy atom. The van der Waals surface area contributed by atoms with Crippen molar-refractivity contribution >= 4 is 29.1 Å². The number of anilines is 1. The molecule has 1 N–H and O–H groups in total. The molecule has 140 valence electrons. The monoisotopic (exact) mass is 388 g/mol. The zero-order chi connectivity index (χ0) is 19.6. The molecule has 2 aromatic rings. The molecule has 1 aromatic carbocycles. The number of aryl methyl sites for hydroxylation is 2. The highest BCUT2D eigenvalue weighted by Crippen LogP contribution is 2.36. The second-order valence-corrected chi connectivity index (χ2v) is 6.10. The van der Waals surface area contributed by atoms with Crippen molar-refractivity contribution in [2.45, 2.75) is 13.1 Å². The summed E-state index contributed by atoms with van der Waals surface area (Å²) in [6, 6.07) is 3.05. The van der Waals surface area contributed by atoms with Crippen molar-refractivity contribution < 1.29 is 22.8 Å². The van der Waals surface area contributed by atoms with Crippen molar-refractivity contribution in [3.05, 3.63) is 46.5 Å². The lowest BCUT2D eigenvalue weighted by Gasteiger charge is -2.18. The lowest BCUT2D eigenvalue weighted by atomic mass is 10.2. The summed E-state index contributed by atoms with van der Waals surface area (Å²) in [5, 5.41) is 1.86. The fourth-order valence-electron chi connectivity index (χ4n) is 2.34. The molecule has 10 heteroatoms. The molecular weight excluding hydrogens is 373 g/mol. The number of halogens is 4. The van der Waals surface area contributed by atoms with E-state index in [-0.39, 0.29) is 12.2 Å². The third-order valence-electron chi connectivity index (χ3n) is 3.61. The molecule has 0 aliphatic heterocycles. The van der Waals surface area contributed by atoms with Gasteiger partial charge in [0.25, 0.3) is 5.91 Å². The van der Waals surface area contributed by atoms with Crippen LogP contribution in [0.25, 0.3) is 0 Å². The number of nitrogens with zero attached hydrogens (tertiary/aromatic N) is 3. The maximum atomic E-state index is 12.9. The summed E-state index contributed by atoms with van der Waals surface area (Å²) < 4.78 is 40.1. The highest BCUT2D eigenvalue weighted by atomic mass is 35.5. The number of rotatable bonds is 4. The van der Waals surface area contributed by atoms with Gasteiger partial charge < -0.3 is 14.8 Å². The van der Waals surface area contributed by atoms with Gasteiger partial charge in [-0.1, -0.05) is 11.6 Å². The Morgan fingerprint density at radius 2 is 2.00 bits per heavy atom. The first kappa shape index (κ1) is 19.8. The molecular formula is C16H16ClF3N4O2. The van der Waals surface area contributed by atoms with Gasteiger partial charge >= 0.3 is 6.18 Å². The smallest absolute Gasteiger partial charge is 0.331 e. The number of imidazole rings is 1. The summed E-state index contributed by atoms with van der Waals surface area (Å²) in [6.45, 7) is 1.32. The van der Waals surface area contributed by atoms with Crippen LogP contribution in [0.3, 0.4) is 0 Å². The van der Waals surface area contributed by atoms with E-state index in [4.69, 9.17) is 11.6 Å². The van der Waals surface area contributed by atoms with Gasteiger partial charge in [0.1, 0.15) is 5.69 Å². The fraction of sp³-hybridized carbons (Fsp3) is 0.312. The number of hydrogen-bond acceptors (Lipinski definition) is 3. The Morgan fingerprint density at radius 1 is 1.35 bits per heavy atom. The van der Waals surface area contributed by atoms with E-state index in [1.165, 1.54) is 24.0 Å². The van der Waals surface area contributed by atoms with E-state index in [1.54, 1.807) is 14.0 Å². The minimum atomic E-state index is -4.64. The Bertz CT molecular complexity index is 829. The summed E-state index contributed by atoms with van der Waals surface area (Å²) in [7, 11) is 3.06. The van der Waals surface area contributed by atoms with Gasteiger partial charge in [-0.05, 0) is 25.1 Å². The lowest BCUT2D eigenvalue weighted by molar-refractivity contribution is -0.137. The summed E-state index contributed by atoms with van der Waals surface area (Å²) >= 11 is 5.54. The van der Waals surface area contributed by atoms with Crippen molar-refractivity contribution in [1.82, 2.24) is 14.5 Å². The molecule has 0 saturated heterocycles. The Kier molecular flexibility index (Phi) is 5.60. The number of aromatic nitrogens is 2. The predicted molar refractivity (Wildman–Crippen MR) is 90.0 cm³/mol. The Labute approximate surface area is 152 Å². The molecule has 2 amide bonds. The van der Waals surface area contributed by atoms with Crippen LogP contribution >= 0.6 is 11.6 Å². The molecule has 0 unspecified atom stereocenters. The first-order valence-electron chi connectivity index (χ1n) is 7.40.